The quantitative estimate of drug-likeness (QED) is 0.601. The number of alkyl halides is 2. The van der Waals surface area contributed by atoms with Crippen molar-refractivity contribution >= 4 is 17.6 Å². The van der Waals surface area contributed by atoms with Gasteiger partial charge in [0.2, 0.25) is 0 Å². The first kappa shape index (κ1) is 12.8. The van der Waals surface area contributed by atoms with E-state index in [1.54, 1.807) is 0 Å². The number of aromatic nitrogens is 1. The Morgan fingerprint density at radius 2 is 2.12 bits per heavy atom. The van der Waals surface area contributed by atoms with Crippen molar-refractivity contribution in [3.05, 3.63) is 28.3 Å². The summed E-state index contributed by atoms with van der Waals surface area (Å²) in [6.45, 7) is 0.479. The maximum atomic E-state index is 13.2. The summed E-state index contributed by atoms with van der Waals surface area (Å²) >= 11 is 5.47. The molecule has 0 saturated heterocycles. The van der Waals surface area contributed by atoms with Crippen LogP contribution in [0.2, 0.25) is 5.15 Å². The lowest BCUT2D eigenvalue weighted by molar-refractivity contribution is 0.00861. The molecule has 0 bridgehead atoms. The first-order valence-electron chi connectivity index (χ1n) is 4.10. The maximum Gasteiger partial charge on any atom is 0.341 e. The van der Waals surface area contributed by atoms with Crippen molar-refractivity contribution in [1.82, 2.24) is 4.98 Å². The number of nitrogens with zero attached hydrogens (tertiary/aromatic N) is 1. The van der Waals surface area contributed by atoms with Gasteiger partial charge in [0.25, 0.3) is 5.92 Å². The minimum Gasteiger partial charge on any atom is -0.465 e. The van der Waals surface area contributed by atoms with Crippen molar-refractivity contribution in [2.75, 3.05) is 7.11 Å². The van der Waals surface area contributed by atoms with Crippen LogP contribution in [0.5, 0.6) is 0 Å². The van der Waals surface area contributed by atoms with Crippen LogP contribution < -0.4 is 0 Å². The molecule has 0 spiro atoms. The number of pyridine rings is 1. The van der Waals surface area contributed by atoms with Crippen LogP contribution in [0, 0.1) is 5.82 Å². The summed E-state index contributed by atoms with van der Waals surface area (Å²) in [5, 5.41) is -0.523. The van der Waals surface area contributed by atoms with Crippen LogP contribution in [-0.4, -0.2) is 18.1 Å². The normalized spacial score (nSPS) is 11.4. The lowest BCUT2D eigenvalue weighted by atomic mass is 10.2. The smallest absolute Gasteiger partial charge is 0.341 e. The molecule has 0 unspecified atom stereocenters. The molecule has 1 aromatic heterocycles. The van der Waals surface area contributed by atoms with Crippen LogP contribution in [0.15, 0.2) is 6.07 Å². The summed E-state index contributed by atoms with van der Waals surface area (Å²) in [6.07, 6.45) is 0. The monoisotopic (exact) mass is 253 g/mol. The molecule has 0 saturated carbocycles. The molecule has 0 aliphatic carbocycles. The van der Waals surface area contributed by atoms with E-state index in [4.69, 9.17) is 11.6 Å². The van der Waals surface area contributed by atoms with Crippen LogP contribution in [0.25, 0.3) is 0 Å². The number of rotatable bonds is 2. The van der Waals surface area contributed by atoms with Crippen LogP contribution in [0.3, 0.4) is 0 Å². The summed E-state index contributed by atoms with van der Waals surface area (Å²) in [5.41, 5.74) is -1.50. The molecule has 1 heterocycles. The molecule has 0 radical (unpaired) electrons. The summed E-state index contributed by atoms with van der Waals surface area (Å²) < 4.78 is 43.2. The highest BCUT2D eigenvalue weighted by Crippen LogP contribution is 2.30. The Labute approximate surface area is 94.2 Å². The molecule has 1 rings (SSSR count). The van der Waals surface area contributed by atoms with Gasteiger partial charge in [-0.1, -0.05) is 11.6 Å². The lowest BCUT2D eigenvalue weighted by Gasteiger charge is -2.12. The highest BCUT2D eigenvalue weighted by Gasteiger charge is 2.32. The molecule has 16 heavy (non-hydrogen) atoms. The Bertz CT molecular complexity index is 431. The van der Waals surface area contributed by atoms with Crippen molar-refractivity contribution in [3.63, 3.8) is 0 Å². The van der Waals surface area contributed by atoms with Crippen molar-refractivity contribution < 1.29 is 22.7 Å². The summed E-state index contributed by atoms with van der Waals surface area (Å²) in [5.74, 6) is -5.72. The zero-order valence-electron chi connectivity index (χ0n) is 8.35. The second-order valence-corrected chi connectivity index (χ2v) is 3.40. The Kier molecular flexibility index (Phi) is 3.42. The highest BCUT2D eigenvalue weighted by atomic mass is 35.5. The van der Waals surface area contributed by atoms with Gasteiger partial charge in [-0.05, 0) is 6.07 Å². The van der Waals surface area contributed by atoms with Crippen molar-refractivity contribution in [2.24, 2.45) is 0 Å². The molecule has 88 valence electrons. The van der Waals surface area contributed by atoms with E-state index >= 15 is 0 Å². The number of esters is 1. The molecule has 7 heteroatoms. The number of hydrogen-bond donors (Lipinski definition) is 0. The standard InChI is InChI=1S/C9H7ClF3NO2/c1-9(12,13)6-5(11)3-4(7(10)14-6)8(15)16-2/h3H,1-2H3. The van der Waals surface area contributed by atoms with Crippen LogP contribution in [-0.2, 0) is 10.7 Å². The van der Waals surface area contributed by atoms with Gasteiger partial charge in [-0.2, -0.15) is 8.78 Å². The largest absolute Gasteiger partial charge is 0.465 e. The molecule has 0 N–H and O–H groups in total. The molecule has 0 aliphatic heterocycles. The molecule has 0 aliphatic rings. The molecule has 0 fully saturated rings. The first-order chi connectivity index (χ1) is 7.27. The Balaban J connectivity index is 3.33. The lowest BCUT2D eigenvalue weighted by Crippen LogP contribution is -2.15. The fourth-order valence-corrected chi connectivity index (χ4v) is 1.24. The number of carbonyl (C=O) groups excluding carboxylic acids is 1. The van der Waals surface area contributed by atoms with Gasteiger partial charge in [-0.3, -0.25) is 0 Å². The number of hydrogen-bond acceptors (Lipinski definition) is 3. The molecule has 0 aromatic carbocycles. The summed E-state index contributed by atoms with van der Waals surface area (Å²) in [7, 11) is 1.05. The first-order valence-corrected chi connectivity index (χ1v) is 4.47. The average Bonchev–Trinajstić information content (AvgIpc) is 2.18. The maximum absolute atomic E-state index is 13.2. The van der Waals surface area contributed by atoms with Gasteiger partial charge in [0.1, 0.15) is 10.8 Å². The van der Waals surface area contributed by atoms with E-state index in [0.29, 0.717) is 13.0 Å². The molecule has 3 nitrogen and oxygen atoms in total. The fraction of sp³-hybridized carbons (Fsp3) is 0.333. The van der Waals surface area contributed by atoms with Crippen molar-refractivity contribution in [1.29, 1.82) is 0 Å². The third-order valence-electron chi connectivity index (χ3n) is 1.75. The minimum atomic E-state index is -3.47. The van der Waals surface area contributed by atoms with E-state index in [9.17, 15) is 18.0 Å². The van der Waals surface area contributed by atoms with E-state index in [1.807, 2.05) is 0 Å². The van der Waals surface area contributed by atoms with Crippen LogP contribution in [0.4, 0.5) is 13.2 Å². The van der Waals surface area contributed by atoms with Gasteiger partial charge in [0.05, 0.1) is 12.7 Å². The third kappa shape index (κ3) is 2.44. The third-order valence-corrected chi connectivity index (χ3v) is 2.04. The van der Waals surface area contributed by atoms with E-state index in [-0.39, 0.29) is 0 Å². The van der Waals surface area contributed by atoms with Gasteiger partial charge in [0.15, 0.2) is 5.82 Å². The van der Waals surface area contributed by atoms with Crippen LogP contribution in [0.1, 0.15) is 23.0 Å². The van der Waals surface area contributed by atoms with Crippen molar-refractivity contribution in [3.8, 4) is 0 Å². The Hall–Kier alpha value is -1.30. The number of methoxy groups -OCH3 is 1. The number of halogens is 4. The molecule has 1 aromatic rings. The van der Waals surface area contributed by atoms with Crippen molar-refractivity contribution in [2.45, 2.75) is 12.8 Å². The van der Waals surface area contributed by atoms with Gasteiger partial charge in [-0.15, -0.1) is 0 Å². The number of ether oxygens (including phenoxy) is 1. The minimum absolute atomic E-state index is 0.394. The second-order valence-electron chi connectivity index (χ2n) is 3.04. The highest BCUT2D eigenvalue weighted by molar-refractivity contribution is 6.32. The SMILES string of the molecule is COC(=O)c1cc(F)c(C(C)(F)F)nc1Cl. The van der Waals surface area contributed by atoms with Gasteiger partial charge < -0.3 is 4.74 Å². The number of carbonyl (C=O) groups is 1. The zero-order chi connectivity index (χ0) is 12.5. The van der Waals surface area contributed by atoms with Gasteiger partial charge in [-0.25, -0.2) is 14.2 Å². The average molecular weight is 254 g/mol. The van der Waals surface area contributed by atoms with E-state index in [2.05, 4.69) is 9.72 Å². The Morgan fingerprint density at radius 1 is 1.56 bits per heavy atom. The molecular weight excluding hydrogens is 247 g/mol. The Morgan fingerprint density at radius 3 is 2.56 bits per heavy atom. The van der Waals surface area contributed by atoms with Gasteiger partial charge >= 0.3 is 5.97 Å². The molecule has 0 atom stereocenters. The molecular formula is C9H7ClF3NO2. The fourth-order valence-electron chi connectivity index (χ4n) is 1.03. The van der Waals surface area contributed by atoms with E-state index in [1.165, 1.54) is 0 Å². The second kappa shape index (κ2) is 4.29. The van der Waals surface area contributed by atoms with E-state index in [0.717, 1.165) is 7.11 Å². The summed E-state index contributed by atoms with van der Waals surface area (Å²) in [4.78, 5) is 14.2. The topological polar surface area (TPSA) is 39.2 Å². The van der Waals surface area contributed by atoms with E-state index < -0.39 is 34.1 Å². The molecule has 0 amide bonds. The zero-order valence-corrected chi connectivity index (χ0v) is 9.11. The predicted molar refractivity (Wildman–Crippen MR) is 50.1 cm³/mol. The van der Waals surface area contributed by atoms with Gasteiger partial charge in [0, 0.05) is 6.92 Å². The summed E-state index contributed by atoms with van der Waals surface area (Å²) in [6, 6.07) is 0.577. The predicted octanol–water partition coefficient (Wildman–Crippen LogP) is 2.77. The van der Waals surface area contributed by atoms with Crippen LogP contribution >= 0.6 is 11.6 Å².